The Kier molecular flexibility index (Phi) is 9.77. The molecule has 1 heterocycles. The highest BCUT2D eigenvalue weighted by atomic mass is 16.7. The first kappa shape index (κ1) is 34.1. The Morgan fingerprint density at radius 1 is 0.953 bits per heavy atom. The zero-order chi connectivity index (χ0) is 32.7. The highest BCUT2D eigenvalue weighted by molar-refractivity contribution is 6.37. The van der Waals surface area contributed by atoms with Crippen LogP contribution in [0, 0.1) is 34.0 Å². The largest absolute Gasteiger partial charge is 0.508 e. The van der Waals surface area contributed by atoms with Gasteiger partial charge in [-0.1, -0.05) is 68.2 Å². The van der Waals surface area contributed by atoms with E-state index in [1.165, 1.54) is 12.0 Å². The third kappa shape index (κ3) is 7.97. The molecule has 0 bridgehead atoms. The number of nitrogens with two attached hydrogens (primary N) is 1. The Morgan fingerprint density at radius 3 is 2.05 bits per heavy atom. The number of carbonyl (C=O) groups is 6. The quantitative estimate of drug-likeness (QED) is 0.202. The molecule has 13 nitrogen and oxygen atoms in total. The zero-order valence-electron chi connectivity index (χ0n) is 26.9. The predicted molar refractivity (Wildman–Crippen MR) is 156 cm³/mol. The lowest BCUT2D eigenvalue weighted by molar-refractivity contribution is -0.145. The summed E-state index contributed by atoms with van der Waals surface area (Å²) in [6.07, 6.45) is 1.27. The molecule has 43 heavy (non-hydrogen) atoms. The third-order valence-electron chi connectivity index (χ3n) is 9.18. The van der Waals surface area contributed by atoms with Gasteiger partial charge in [0.25, 0.3) is 5.91 Å². The molecule has 3 fully saturated rings. The molecule has 0 radical (unpaired) electrons. The van der Waals surface area contributed by atoms with E-state index >= 15 is 0 Å². The predicted octanol–water partition coefficient (Wildman–Crippen LogP) is 1.72. The van der Waals surface area contributed by atoms with E-state index in [-0.39, 0.29) is 29.8 Å². The van der Waals surface area contributed by atoms with Gasteiger partial charge in [-0.15, -0.1) is 0 Å². The van der Waals surface area contributed by atoms with Crippen LogP contribution in [-0.2, 0) is 28.7 Å². The van der Waals surface area contributed by atoms with Crippen LogP contribution in [0.2, 0.25) is 0 Å². The molecular weight excluding hydrogens is 558 g/mol. The molecule has 5 N–H and O–H groups in total. The number of methoxy groups -OCH3 is 1. The molecule has 2 aliphatic carbocycles. The number of ketones is 1. The molecule has 0 aromatic heterocycles. The van der Waals surface area contributed by atoms with Gasteiger partial charge < -0.3 is 36.1 Å². The number of ether oxygens (including phenoxy) is 2. The lowest BCUT2D eigenvalue weighted by Gasteiger charge is -2.38. The molecule has 0 aromatic rings. The number of rotatable bonds is 11. The molecule has 2 saturated carbocycles. The van der Waals surface area contributed by atoms with Crippen molar-refractivity contribution in [3.63, 3.8) is 0 Å². The monoisotopic (exact) mass is 607 g/mol. The summed E-state index contributed by atoms with van der Waals surface area (Å²) in [5.74, 6) is -2.72. The second-order valence-corrected chi connectivity index (χ2v) is 15.0. The molecule has 0 spiro atoms. The summed E-state index contributed by atoms with van der Waals surface area (Å²) in [5.41, 5.74) is 3.83. The van der Waals surface area contributed by atoms with Crippen LogP contribution in [0.4, 0.5) is 9.59 Å². The molecule has 0 aromatic carbocycles. The van der Waals surface area contributed by atoms with Gasteiger partial charge in [-0.3, -0.25) is 19.2 Å². The van der Waals surface area contributed by atoms with Gasteiger partial charge in [0.2, 0.25) is 17.6 Å². The van der Waals surface area contributed by atoms with Crippen LogP contribution in [0.3, 0.4) is 0 Å². The highest BCUT2D eigenvalue weighted by Gasteiger charge is 2.70. The Balaban J connectivity index is 1.80. The number of amides is 5. The SMILES string of the molecule is COC(=O)OC[C@@H](NC(=O)N[C@H](C(=O)N1CC2C([C@H]1C(=O)NC(CC1CC1)C(=O)C(N)=O)C2(C)C)C(C)(C)C)C(C)(C)C. The molecule has 3 unspecified atom stereocenters. The van der Waals surface area contributed by atoms with Gasteiger partial charge >= 0.3 is 12.2 Å². The Labute approximate surface area is 253 Å². The third-order valence-corrected chi connectivity index (χ3v) is 9.18. The summed E-state index contributed by atoms with van der Waals surface area (Å²) in [6.45, 7) is 15.3. The zero-order valence-corrected chi connectivity index (χ0v) is 26.9. The highest BCUT2D eigenvalue weighted by Crippen LogP contribution is 2.65. The van der Waals surface area contributed by atoms with Crippen LogP contribution in [0.1, 0.15) is 74.7 Å². The number of hydrogen-bond acceptors (Lipinski definition) is 8. The molecule has 5 amide bonds. The van der Waals surface area contributed by atoms with Crippen molar-refractivity contribution in [2.75, 3.05) is 20.3 Å². The number of urea groups is 1. The minimum atomic E-state index is -1.11. The summed E-state index contributed by atoms with van der Waals surface area (Å²) >= 11 is 0. The van der Waals surface area contributed by atoms with Gasteiger partial charge in [-0.2, -0.15) is 0 Å². The van der Waals surface area contributed by atoms with E-state index in [9.17, 15) is 28.8 Å². The number of likely N-dealkylation sites (tertiary alicyclic amines) is 1. The van der Waals surface area contributed by atoms with E-state index in [2.05, 4.69) is 20.7 Å². The number of carbonyl (C=O) groups excluding carboxylic acids is 6. The van der Waals surface area contributed by atoms with Gasteiger partial charge in [-0.25, -0.2) is 9.59 Å². The molecule has 3 aliphatic rings. The van der Waals surface area contributed by atoms with Gasteiger partial charge in [0, 0.05) is 6.54 Å². The molecular formula is C30H49N5O8. The number of hydrogen-bond donors (Lipinski definition) is 4. The van der Waals surface area contributed by atoms with Gasteiger partial charge in [0.05, 0.1) is 19.2 Å². The molecule has 242 valence electrons. The van der Waals surface area contributed by atoms with Crippen molar-refractivity contribution in [2.24, 2.45) is 39.7 Å². The standard InChI is InChI=1S/C30H49N5O8/c1-28(2,3)18(14-43-27(41)42-9)33-26(40)34-22(29(4,5)6)25(39)35-13-16-19(30(16,7)8)20(35)24(38)32-17(12-15-10-11-15)21(36)23(31)37/h15-20,22H,10-14H2,1-9H3,(H2,31,37)(H,32,38)(H2,33,34,40)/t16?,17?,18-,19?,20+,22-/m1/s1. The van der Waals surface area contributed by atoms with Gasteiger partial charge in [0.1, 0.15) is 18.7 Å². The van der Waals surface area contributed by atoms with Crippen LogP contribution in [0.15, 0.2) is 0 Å². The minimum Gasteiger partial charge on any atom is -0.438 e. The van der Waals surface area contributed by atoms with Crippen LogP contribution in [0.5, 0.6) is 0 Å². The number of piperidine rings is 1. The number of nitrogens with one attached hydrogen (secondary N) is 3. The molecule has 1 saturated heterocycles. The van der Waals surface area contributed by atoms with Crippen molar-refractivity contribution < 1.29 is 38.2 Å². The Morgan fingerprint density at radius 2 is 1.56 bits per heavy atom. The minimum absolute atomic E-state index is 0.0658. The van der Waals surface area contributed by atoms with Crippen LogP contribution < -0.4 is 21.7 Å². The average molecular weight is 608 g/mol. The van der Waals surface area contributed by atoms with Crippen molar-refractivity contribution in [3.8, 4) is 0 Å². The fourth-order valence-electron chi connectivity index (χ4n) is 6.02. The van der Waals surface area contributed by atoms with Gasteiger partial charge in [0.15, 0.2) is 0 Å². The average Bonchev–Trinajstić information content (AvgIpc) is 3.74. The maximum Gasteiger partial charge on any atom is 0.508 e. The van der Waals surface area contributed by atoms with E-state index in [1.54, 1.807) is 0 Å². The van der Waals surface area contributed by atoms with Crippen molar-refractivity contribution in [1.82, 2.24) is 20.9 Å². The van der Waals surface area contributed by atoms with E-state index in [0.29, 0.717) is 13.0 Å². The number of nitrogens with zero attached hydrogens (tertiary/aromatic N) is 1. The van der Waals surface area contributed by atoms with Crippen LogP contribution >= 0.6 is 0 Å². The van der Waals surface area contributed by atoms with E-state index in [4.69, 9.17) is 10.5 Å². The first-order valence-electron chi connectivity index (χ1n) is 14.9. The lowest BCUT2D eigenvalue weighted by atomic mass is 9.85. The smallest absolute Gasteiger partial charge is 0.438 e. The number of primary amides is 1. The van der Waals surface area contributed by atoms with Crippen LogP contribution in [-0.4, -0.2) is 85.0 Å². The fourth-order valence-corrected chi connectivity index (χ4v) is 6.02. The first-order valence-corrected chi connectivity index (χ1v) is 14.9. The Hall–Kier alpha value is -3.38. The maximum atomic E-state index is 14.1. The van der Waals surface area contributed by atoms with E-state index in [1.807, 2.05) is 55.4 Å². The van der Waals surface area contributed by atoms with E-state index < -0.39 is 70.7 Å². The first-order chi connectivity index (χ1) is 19.7. The molecule has 13 heteroatoms. The van der Waals surface area contributed by atoms with Crippen molar-refractivity contribution in [2.45, 2.75) is 98.8 Å². The second-order valence-electron chi connectivity index (χ2n) is 15.0. The lowest BCUT2D eigenvalue weighted by Crippen LogP contribution is -2.62. The molecule has 6 atom stereocenters. The molecule has 1 aliphatic heterocycles. The molecule has 3 rings (SSSR count). The Bertz CT molecular complexity index is 1140. The topological polar surface area (TPSA) is 186 Å². The van der Waals surface area contributed by atoms with Crippen molar-refractivity contribution in [1.29, 1.82) is 0 Å². The normalized spacial score (nSPS) is 24.5. The van der Waals surface area contributed by atoms with Gasteiger partial charge in [-0.05, 0) is 40.4 Å². The van der Waals surface area contributed by atoms with Crippen molar-refractivity contribution in [3.05, 3.63) is 0 Å². The summed E-state index contributed by atoms with van der Waals surface area (Å²) < 4.78 is 9.60. The van der Waals surface area contributed by atoms with E-state index in [0.717, 1.165) is 12.8 Å². The number of fused-ring (bicyclic) bond motifs is 1. The summed E-state index contributed by atoms with van der Waals surface area (Å²) in [6, 6.07) is -4.17. The van der Waals surface area contributed by atoms with Crippen LogP contribution in [0.25, 0.3) is 0 Å². The van der Waals surface area contributed by atoms with Crippen molar-refractivity contribution >= 4 is 35.7 Å². The summed E-state index contributed by atoms with van der Waals surface area (Å²) in [7, 11) is 1.19. The fraction of sp³-hybridized carbons (Fsp3) is 0.800. The summed E-state index contributed by atoms with van der Waals surface area (Å²) in [5, 5.41) is 8.35. The second kappa shape index (κ2) is 12.3. The summed E-state index contributed by atoms with van der Waals surface area (Å²) in [4.78, 5) is 78.4. The maximum absolute atomic E-state index is 14.1. The number of Topliss-reactive ketones (excluding diaryl/α,β-unsaturated/α-hetero) is 1.